The molecule has 0 saturated heterocycles. The zero-order valence-corrected chi connectivity index (χ0v) is 27.2. The number of fused-ring (bicyclic) bond motifs is 6. The Morgan fingerprint density at radius 3 is 2.05 bits per heavy atom. The fourth-order valence-corrected chi connectivity index (χ4v) is 10.9. The molecule has 0 aromatic heterocycles. The van der Waals surface area contributed by atoms with Crippen molar-refractivity contribution in [2.24, 2.45) is 51.2 Å². The Morgan fingerprint density at radius 2 is 1.49 bits per heavy atom. The van der Waals surface area contributed by atoms with E-state index in [2.05, 4.69) is 40.7 Å². The van der Waals surface area contributed by atoms with Crippen LogP contribution in [0.25, 0.3) is 0 Å². The second-order valence-electron chi connectivity index (χ2n) is 13.7. The van der Waals surface area contributed by atoms with Crippen molar-refractivity contribution < 1.29 is 15.3 Å². The maximum atomic E-state index is 11.7. The molecule has 0 radical (unpaired) electrons. The lowest BCUT2D eigenvalue weighted by Crippen LogP contribution is -2.60. The lowest BCUT2D eigenvalue weighted by atomic mass is 9.41. The first-order valence-corrected chi connectivity index (χ1v) is 16.7. The zero-order valence-electron chi connectivity index (χ0n) is 27.2. The molecule has 3 N–H and O–H groups in total. The molecule has 0 aromatic carbocycles. The highest BCUT2D eigenvalue weighted by molar-refractivity contribution is 5.29. The number of hydrogen-bond acceptors (Lipinski definition) is 3. The molecule has 0 aliphatic heterocycles. The average Bonchev–Trinajstić information content (AvgIpc) is 3.52. The molecule has 5 aliphatic carbocycles. The van der Waals surface area contributed by atoms with Gasteiger partial charge in [-0.2, -0.15) is 0 Å². The molecule has 0 aromatic rings. The quantitative estimate of drug-likeness (QED) is 0.305. The number of aliphatic hydroxyl groups excluding tert-OH is 3. The molecule has 3 nitrogen and oxygen atoms in total. The fraction of sp³-hybridized carbons (Fsp3) is 0.944. The van der Waals surface area contributed by atoms with Crippen molar-refractivity contribution >= 4 is 0 Å². The van der Waals surface area contributed by atoms with Crippen LogP contribution in [0.2, 0.25) is 0 Å². The molecule has 5 saturated carbocycles. The summed E-state index contributed by atoms with van der Waals surface area (Å²) in [4.78, 5) is 0. The largest absolute Gasteiger partial charge is 0.396 e. The summed E-state index contributed by atoms with van der Waals surface area (Å²) in [7, 11) is 0. The van der Waals surface area contributed by atoms with Gasteiger partial charge in [-0.1, -0.05) is 94.2 Å². The van der Waals surface area contributed by atoms with Crippen LogP contribution < -0.4 is 0 Å². The Kier molecular flexibility index (Phi) is 13.3. The van der Waals surface area contributed by atoms with E-state index in [-0.39, 0.29) is 47.9 Å². The summed E-state index contributed by atoms with van der Waals surface area (Å²) in [6.07, 6.45) is 12.7. The summed E-state index contributed by atoms with van der Waals surface area (Å²) in [5, 5.41) is 33.9. The van der Waals surface area contributed by atoms with Gasteiger partial charge in [-0.05, 0) is 106 Å². The van der Waals surface area contributed by atoms with Crippen LogP contribution in [0.3, 0.4) is 0 Å². The van der Waals surface area contributed by atoms with E-state index in [9.17, 15) is 15.3 Å². The van der Waals surface area contributed by atoms with Gasteiger partial charge in [0, 0.05) is 17.4 Å². The average molecular weight is 551 g/mol. The highest BCUT2D eigenvalue weighted by atomic mass is 16.3. The van der Waals surface area contributed by atoms with E-state index in [0.29, 0.717) is 17.8 Å². The molecule has 232 valence electrons. The maximum Gasteiger partial charge on any atom is 0.0611 e. The van der Waals surface area contributed by atoms with Crippen LogP contribution in [0.1, 0.15) is 148 Å². The molecule has 7 unspecified atom stereocenters. The Hall–Kier alpha value is -0.380. The molecule has 3 heteroatoms. The minimum atomic E-state index is -0.335. The lowest BCUT2D eigenvalue weighted by Gasteiger charge is -2.64. The SMILES string of the molecule is C.CC.CC.CC.CC(C)=CCC[C@]1(CO)C[C@@]12C(O)CC1(C)C3CCC4[C@H](C)CCCC4(C)C3[C@H](O)CC12. The minimum absolute atomic E-state index is 0. The van der Waals surface area contributed by atoms with Gasteiger partial charge >= 0.3 is 0 Å². The summed E-state index contributed by atoms with van der Waals surface area (Å²) < 4.78 is 0. The van der Waals surface area contributed by atoms with Crippen LogP contribution in [0.15, 0.2) is 11.6 Å². The third kappa shape index (κ3) is 5.69. The van der Waals surface area contributed by atoms with Crippen molar-refractivity contribution in [3.8, 4) is 0 Å². The van der Waals surface area contributed by atoms with Crippen molar-refractivity contribution in [2.75, 3.05) is 6.61 Å². The second-order valence-corrected chi connectivity index (χ2v) is 13.7. The summed E-state index contributed by atoms with van der Waals surface area (Å²) >= 11 is 0. The van der Waals surface area contributed by atoms with Crippen LogP contribution in [0.5, 0.6) is 0 Å². The van der Waals surface area contributed by atoms with Crippen LogP contribution in [0, 0.1) is 51.2 Å². The van der Waals surface area contributed by atoms with Gasteiger partial charge in [-0.15, -0.1) is 0 Å². The predicted molar refractivity (Wildman–Crippen MR) is 170 cm³/mol. The number of rotatable bonds is 4. The highest BCUT2D eigenvalue weighted by Crippen LogP contribution is 2.83. The first-order chi connectivity index (χ1) is 18.1. The van der Waals surface area contributed by atoms with E-state index < -0.39 is 0 Å². The van der Waals surface area contributed by atoms with Crippen LogP contribution in [-0.2, 0) is 0 Å². The minimum Gasteiger partial charge on any atom is -0.396 e. The van der Waals surface area contributed by atoms with Crippen molar-refractivity contribution in [2.45, 2.75) is 160 Å². The Bertz CT molecular complexity index is 773. The first kappa shape index (κ1) is 36.6. The Balaban J connectivity index is 0.00000102. The smallest absolute Gasteiger partial charge is 0.0611 e. The van der Waals surface area contributed by atoms with E-state index in [4.69, 9.17) is 0 Å². The molecule has 1 spiro atoms. The van der Waals surface area contributed by atoms with E-state index in [1.807, 2.05) is 41.5 Å². The molecule has 11 atom stereocenters. The fourth-order valence-electron chi connectivity index (χ4n) is 10.9. The molecule has 5 fully saturated rings. The molecule has 0 heterocycles. The van der Waals surface area contributed by atoms with Gasteiger partial charge in [0.25, 0.3) is 0 Å². The van der Waals surface area contributed by atoms with Crippen molar-refractivity contribution in [3.05, 3.63) is 11.6 Å². The van der Waals surface area contributed by atoms with E-state index in [1.165, 1.54) is 37.7 Å². The highest BCUT2D eigenvalue weighted by Gasteiger charge is 2.81. The monoisotopic (exact) mass is 551 g/mol. The molecule has 5 aliphatic rings. The second kappa shape index (κ2) is 14.2. The summed E-state index contributed by atoms with van der Waals surface area (Å²) in [5.74, 6) is 2.73. The number of allylic oxidation sites excluding steroid dienone is 2. The van der Waals surface area contributed by atoms with E-state index in [1.54, 1.807) is 0 Å². The lowest BCUT2D eigenvalue weighted by molar-refractivity contribution is -0.186. The Labute approximate surface area is 244 Å². The number of hydrogen-bond donors (Lipinski definition) is 3. The first-order valence-electron chi connectivity index (χ1n) is 16.7. The Morgan fingerprint density at radius 1 is 0.897 bits per heavy atom. The van der Waals surface area contributed by atoms with Gasteiger partial charge in [0.1, 0.15) is 0 Å². The van der Waals surface area contributed by atoms with Gasteiger partial charge in [0.05, 0.1) is 12.2 Å². The topological polar surface area (TPSA) is 60.7 Å². The van der Waals surface area contributed by atoms with Crippen LogP contribution in [-0.4, -0.2) is 34.1 Å². The summed E-state index contributed by atoms with van der Waals surface area (Å²) in [6, 6.07) is 0. The van der Waals surface area contributed by atoms with Gasteiger partial charge in [-0.3, -0.25) is 0 Å². The van der Waals surface area contributed by atoms with Crippen molar-refractivity contribution in [3.63, 3.8) is 0 Å². The summed E-state index contributed by atoms with van der Waals surface area (Å²) in [6.45, 7) is 23.9. The molecule has 5 rings (SSSR count). The molecular formula is C36H70O3. The third-order valence-corrected chi connectivity index (χ3v) is 12.2. The molecular weight excluding hydrogens is 480 g/mol. The molecule has 39 heavy (non-hydrogen) atoms. The third-order valence-electron chi connectivity index (χ3n) is 12.2. The van der Waals surface area contributed by atoms with Crippen LogP contribution >= 0.6 is 0 Å². The normalized spacial score (nSPS) is 46.7. The van der Waals surface area contributed by atoms with Crippen molar-refractivity contribution in [1.29, 1.82) is 0 Å². The van der Waals surface area contributed by atoms with E-state index >= 15 is 0 Å². The van der Waals surface area contributed by atoms with Gasteiger partial charge in [0.15, 0.2) is 0 Å². The van der Waals surface area contributed by atoms with E-state index in [0.717, 1.165) is 43.9 Å². The summed E-state index contributed by atoms with van der Waals surface area (Å²) in [5.41, 5.74) is 1.32. The van der Waals surface area contributed by atoms with Crippen LogP contribution in [0.4, 0.5) is 0 Å². The predicted octanol–water partition coefficient (Wildman–Crippen LogP) is 9.44. The zero-order chi connectivity index (χ0) is 29.1. The van der Waals surface area contributed by atoms with Crippen molar-refractivity contribution in [1.82, 2.24) is 0 Å². The van der Waals surface area contributed by atoms with Gasteiger partial charge < -0.3 is 15.3 Å². The standard InChI is InChI=1S/C29H48O3.3C2H6.CH4/c1-18(2)8-6-13-28(17-30)16-29(28)23-14-22(31)25-21(27(23,5)15-24(29)32)11-10-20-19(3)9-7-12-26(20,25)4;3*1-2;/h8,19-25,30-32H,6-7,9-17H2,1-5H3;3*1-2H3;1H4/t19-,20?,21?,22-,23?,24?,25?,26?,27?,28-,29-;;;;/m1..../s1. The maximum absolute atomic E-state index is 11.7. The molecule has 0 bridgehead atoms. The van der Waals surface area contributed by atoms with Gasteiger partial charge in [-0.25, -0.2) is 0 Å². The molecule has 0 amide bonds. The van der Waals surface area contributed by atoms with Gasteiger partial charge in [0.2, 0.25) is 0 Å². The number of aliphatic hydroxyl groups is 3.